The summed E-state index contributed by atoms with van der Waals surface area (Å²) < 4.78 is 17.8. The van der Waals surface area contributed by atoms with E-state index < -0.39 is 5.91 Å². The van der Waals surface area contributed by atoms with E-state index in [0.717, 1.165) is 0 Å². The van der Waals surface area contributed by atoms with Crippen LogP contribution >= 0.6 is 0 Å². The summed E-state index contributed by atoms with van der Waals surface area (Å²) in [5, 5.41) is 2.59. The van der Waals surface area contributed by atoms with E-state index in [4.69, 9.17) is 4.74 Å². The molecule has 0 atom stereocenters. The minimum absolute atomic E-state index is 0.160. The van der Waals surface area contributed by atoms with Crippen molar-refractivity contribution in [2.45, 2.75) is 6.92 Å². The fourth-order valence-electron chi connectivity index (χ4n) is 1.38. The van der Waals surface area contributed by atoms with Crippen LogP contribution in [0.2, 0.25) is 0 Å². The van der Waals surface area contributed by atoms with Gasteiger partial charge in [0.2, 0.25) is 5.88 Å². The smallest absolute Gasteiger partial charge is 0.275 e. The topological polar surface area (TPSA) is 64.1 Å². The van der Waals surface area contributed by atoms with Crippen molar-refractivity contribution in [1.82, 2.24) is 9.97 Å². The zero-order chi connectivity index (χ0) is 13.7. The van der Waals surface area contributed by atoms with Crippen molar-refractivity contribution in [3.8, 4) is 5.88 Å². The summed E-state index contributed by atoms with van der Waals surface area (Å²) >= 11 is 0. The minimum atomic E-state index is -0.415. The van der Waals surface area contributed by atoms with Crippen LogP contribution in [0.25, 0.3) is 0 Å². The van der Waals surface area contributed by atoms with Crippen molar-refractivity contribution < 1.29 is 13.9 Å². The fourth-order valence-corrected chi connectivity index (χ4v) is 1.38. The number of benzene rings is 1. The molecule has 0 saturated heterocycles. The molecule has 0 bridgehead atoms. The molecule has 1 amide bonds. The maximum atomic E-state index is 12.7. The highest BCUT2D eigenvalue weighted by molar-refractivity contribution is 6.02. The molecule has 6 heteroatoms. The molecule has 0 spiro atoms. The van der Waals surface area contributed by atoms with E-state index in [9.17, 15) is 9.18 Å². The molecule has 0 saturated carbocycles. The zero-order valence-electron chi connectivity index (χ0n) is 10.3. The molecule has 1 aromatic heterocycles. The van der Waals surface area contributed by atoms with E-state index in [1.165, 1.54) is 36.7 Å². The van der Waals surface area contributed by atoms with E-state index in [1.807, 2.05) is 6.92 Å². The van der Waals surface area contributed by atoms with Crippen LogP contribution in [0.4, 0.5) is 10.1 Å². The number of nitrogens with one attached hydrogen (secondary N) is 1. The average molecular weight is 261 g/mol. The molecule has 5 nitrogen and oxygen atoms in total. The molecule has 1 aromatic carbocycles. The number of carbonyl (C=O) groups is 1. The standard InChI is InChI=1S/C13H12FN3O2/c1-2-19-12-8-15-11(7-16-12)13(18)17-10-5-3-9(14)4-6-10/h3-8H,2H2,1H3,(H,17,18). The third-order valence-electron chi connectivity index (χ3n) is 2.26. The lowest BCUT2D eigenvalue weighted by molar-refractivity contribution is 0.102. The first-order valence-electron chi connectivity index (χ1n) is 5.71. The molecule has 0 aliphatic carbocycles. The van der Waals surface area contributed by atoms with E-state index >= 15 is 0 Å². The first-order valence-corrected chi connectivity index (χ1v) is 5.71. The average Bonchev–Trinajstić information content (AvgIpc) is 2.42. The highest BCUT2D eigenvalue weighted by Gasteiger charge is 2.08. The number of aromatic nitrogens is 2. The highest BCUT2D eigenvalue weighted by atomic mass is 19.1. The van der Waals surface area contributed by atoms with Gasteiger partial charge in [-0.3, -0.25) is 4.79 Å². The van der Waals surface area contributed by atoms with Gasteiger partial charge in [-0.05, 0) is 31.2 Å². The number of rotatable bonds is 4. The molecule has 98 valence electrons. The first-order chi connectivity index (χ1) is 9.19. The van der Waals surface area contributed by atoms with Gasteiger partial charge >= 0.3 is 0 Å². The van der Waals surface area contributed by atoms with Crippen molar-refractivity contribution in [1.29, 1.82) is 0 Å². The molecular weight excluding hydrogens is 249 g/mol. The largest absolute Gasteiger partial charge is 0.477 e. The van der Waals surface area contributed by atoms with Gasteiger partial charge in [-0.1, -0.05) is 0 Å². The molecule has 1 N–H and O–H groups in total. The van der Waals surface area contributed by atoms with Crippen LogP contribution in [-0.4, -0.2) is 22.5 Å². The molecule has 2 aromatic rings. The lowest BCUT2D eigenvalue weighted by Gasteiger charge is -2.05. The Balaban J connectivity index is 2.05. The molecule has 0 aliphatic heterocycles. The second-order valence-electron chi connectivity index (χ2n) is 3.63. The van der Waals surface area contributed by atoms with Gasteiger partial charge in [0.1, 0.15) is 11.5 Å². The van der Waals surface area contributed by atoms with Crippen LogP contribution in [0.1, 0.15) is 17.4 Å². The summed E-state index contributed by atoms with van der Waals surface area (Å²) in [5.74, 6) is -0.415. The summed E-state index contributed by atoms with van der Waals surface area (Å²) in [6.45, 7) is 2.31. The van der Waals surface area contributed by atoms with Gasteiger partial charge in [-0.15, -0.1) is 0 Å². The number of carbonyl (C=O) groups excluding carboxylic acids is 1. The van der Waals surface area contributed by atoms with Gasteiger partial charge in [0.05, 0.1) is 19.0 Å². The van der Waals surface area contributed by atoms with Gasteiger partial charge in [0.15, 0.2) is 0 Å². The van der Waals surface area contributed by atoms with Crippen molar-refractivity contribution >= 4 is 11.6 Å². The fraction of sp³-hybridized carbons (Fsp3) is 0.154. The SMILES string of the molecule is CCOc1cnc(C(=O)Nc2ccc(F)cc2)cn1. The van der Waals surface area contributed by atoms with E-state index in [1.54, 1.807) is 0 Å². The number of hydrogen-bond donors (Lipinski definition) is 1. The zero-order valence-corrected chi connectivity index (χ0v) is 10.3. The van der Waals surface area contributed by atoms with Crippen LogP contribution in [0.5, 0.6) is 5.88 Å². The molecule has 0 unspecified atom stereocenters. The second kappa shape index (κ2) is 5.90. The predicted octanol–water partition coefficient (Wildman–Crippen LogP) is 2.27. The van der Waals surface area contributed by atoms with Gasteiger partial charge in [0.25, 0.3) is 5.91 Å². The Morgan fingerprint density at radius 2 is 2.00 bits per heavy atom. The molecule has 0 fully saturated rings. The Labute approximate surface area is 109 Å². The third kappa shape index (κ3) is 3.48. The molecule has 19 heavy (non-hydrogen) atoms. The number of amides is 1. The maximum Gasteiger partial charge on any atom is 0.275 e. The number of ether oxygens (including phenoxy) is 1. The van der Waals surface area contributed by atoms with Crippen molar-refractivity contribution in [3.05, 3.63) is 48.2 Å². The van der Waals surface area contributed by atoms with E-state index in [0.29, 0.717) is 18.2 Å². The Bertz CT molecular complexity index is 555. The van der Waals surface area contributed by atoms with E-state index in [-0.39, 0.29) is 11.5 Å². The Hall–Kier alpha value is -2.50. The first kappa shape index (κ1) is 12.9. The summed E-state index contributed by atoms with van der Waals surface area (Å²) in [5.41, 5.74) is 0.648. The highest BCUT2D eigenvalue weighted by Crippen LogP contribution is 2.10. The molecule has 0 aliphatic rings. The minimum Gasteiger partial charge on any atom is -0.477 e. The normalized spacial score (nSPS) is 10.0. The Kier molecular flexibility index (Phi) is 4.02. The summed E-state index contributed by atoms with van der Waals surface area (Å²) in [6.07, 6.45) is 2.70. The molecule has 2 rings (SSSR count). The maximum absolute atomic E-state index is 12.7. The van der Waals surface area contributed by atoms with Crippen LogP contribution in [0.15, 0.2) is 36.7 Å². The van der Waals surface area contributed by atoms with Gasteiger partial charge in [0, 0.05) is 5.69 Å². The number of anilines is 1. The van der Waals surface area contributed by atoms with Crippen LogP contribution in [-0.2, 0) is 0 Å². The summed E-state index contributed by atoms with van der Waals surface area (Å²) in [7, 11) is 0. The van der Waals surface area contributed by atoms with Crippen LogP contribution in [0.3, 0.4) is 0 Å². The molecule has 0 radical (unpaired) electrons. The summed E-state index contributed by atoms with van der Waals surface area (Å²) in [6, 6.07) is 5.46. The van der Waals surface area contributed by atoms with Gasteiger partial charge in [-0.25, -0.2) is 14.4 Å². The van der Waals surface area contributed by atoms with Gasteiger partial charge < -0.3 is 10.1 Å². The van der Waals surface area contributed by atoms with Gasteiger partial charge in [-0.2, -0.15) is 0 Å². The number of nitrogens with zero attached hydrogens (tertiary/aromatic N) is 2. The number of halogens is 1. The molecular formula is C13H12FN3O2. The van der Waals surface area contributed by atoms with Crippen molar-refractivity contribution in [2.24, 2.45) is 0 Å². The van der Waals surface area contributed by atoms with Crippen molar-refractivity contribution in [2.75, 3.05) is 11.9 Å². The Morgan fingerprint density at radius 3 is 2.58 bits per heavy atom. The van der Waals surface area contributed by atoms with Crippen LogP contribution < -0.4 is 10.1 Å². The molecule has 1 heterocycles. The van der Waals surface area contributed by atoms with E-state index in [2.05, 4.69) is 15.3 Å². The predicted molar refractivity (Wildman–Crippen MR) is 67.6 cm³/mol. The van der Waals surface area contributed by atoms with Crippen LogP contribution in [0, 0.1) is 5.82 Å². The number of hydrogen-bond acceptors (Lipinski definition) is 4. The second-order valence-corrected chi connectivity index (χ2v) is 3.63. The quantitative estimate of drug-likeness (QED) is 0.917. The lowest BCUT2D eigenvalue weighted by atomic mass is 10.3. The monoisotopic (exact) mass is 261 g/mol. The Morgan fingerprint density at radius 1 is 1.26 bits per heavy atom. The van der Waals surface area contributed by atoms with Crippen molar-refractivity contribution in [3.63, 3.8) is 0 Å². The summed E-state index contributed by atoms with van der Waals surface area (Å²) in [4.78, 5) is 19.7. The third-order valence-corrected chi connectivity index (χ3v) is 2.26. The lowest BCUT2D eigenvalue weighted by Crippen LogP contribution is -2.14.